The van der Waals surface area contributed by atoms with Gasteiger partial charge in [0.2, 0.25) is 0 Å². The number of rotatable bonds is 1. The van der Waals surface area contributed by atoms with E-state index in [9.17, 15) is 4.79 Å². The highest BCUT2D eigenvalue weighted by atomic mass is 32.2. The van der Waals surface area contributed by atoms with Gasteiger partial charge in [-0.25, -0.2) is 0 Å². The molecule has 18 heavy (non-hydrogen) atoms. The van der Waals surface area contributed by atoms with Crippen LogP contribution in [0, 0.1) is 0 Å². The molecule has 0 amide bonds. The SMILES string of the molecule is O=C1/C(=C\c2ccco2)CCC/C1=C1\OCCS1. The Morgan fingerprint density at radius 1 is 1.33 bits per heavy atom. The maximum absolute atomic E-state index is 12.4. The quantitative estimate of drug-likeness (QED) is 0.727. The maximum Gasteiger partial charge on any atom is 0.189 e. The van der Waals surface area contributed by atoms with E-state index in [0.717, 1.165) is 47.0 Å². The van der Waals surface area contributed by atoms with E-state index in [1.54, 1.807) is 18.0 Å². The van der Waals surface area contributed by atoms with Gasteiger partial charge in [-0.15, -0.1) is 0 Å². The number of ketones is 1. The van der Waals surface area contributed by atoms with Crippen molar-refractivity contribution in [1.82, 2.24) is 0 Å². The first-order valence-electron chi connectivity index (χ1n) is 6.12. The topological polar surface area (TPSA) is 39.4 Å². The van der Waals surface area contributed by atoms with Crippen LogP contribution >= 0.6 is 11.8 Å². The van der Waals surface area contributed by atoms with Crippen molar-refractivity contribution >= 4 is 23.6 Å². The average molecular weight is 262 g/mol. The van der Waals surface area contributed by atoms with Crippen molar-refractivity contribution in [3.8, 4) is 0 Å². The van der Waals surface area contributed by atoms with Crippen LogP contribution in [-0.2, 0) is 9.53 Å². The van der Waals surface area contributed by atoms with Gasteiger partial charge in [-0.1, -0.05) is 11.8 Å². The van der Waals surface area contributed by atoms with Crippen LogP contribution < -0.4 is 0 Å². The lowest BCUT2D eigenvalue weighted by molar-refractivity contribution is -0.113. The van der Waals surface area contributed by atoms with E-state index in [1.807, 2.05) is 18.2 Å². The van der Waals surface area contributed by atoms with E-state index in [0.29, 0.717) is 6.61 Å². The van der Waals surface area contributed by atoms with Crippen molar-refractivity contribution < 1.29 is 13.9 Å². The van der Waals surface area contributed by atoms with Gasteiger partial charge < -0.3 is 9.15 Å². The van der Waals surface area contributed by atoms with Gasteiger partial charge in [-0.2, -0.15) is 0 Å². The van der Waals surface area contributed by atoms with Crippen LogP contribution in [0.2, 0.25) is 0 Å². The van der Waals surface area contributed by atoms with Gasteiger partial charge in [0, 0.05) is 16.9 Å². The molecule has 1 saturated heterocycles. The molecule has 1 aliphatic carbocycles. The number of furan rings is 1. The summed E-state index contributed by atoms with van der Waals surface area (Å²) in [5, 5.41) is 0.838. The molecule has 2 heterocycles. The number of Topliss-reactive ketones (excluding diaryl/α,β-unsaturated/α-hetero) is 1. The summed E-state index contributed by atoms with van der Waals surface area (Å²) in [7, 11) is 0. The zero-order chi connectivity index (χ0) is 12.4. The molecule has 0 N–H and O–H groups in total. The molecular formula is C14H14O3S. The fourth-order valence-corrected chi connectivity index (χ4v) is 3.13. The smallest absolute Gasteiger partial charge is 0.189 e. The first kappa shape index (κ1) is 11.7. The molecule has 94 valence electrons. The Morgan fingerprint density at radius 3 is 3.00 bits per heavy atom. The molecule has 2 aliphatic rings. The molecule has 2 fully saturated rings. The first-order valence-corrected chi connectivity index (χ1v) is 7.10. The van der Waals surface area contributed by atoms with Crippen LogP contribution in [0.1, 0.15) is 25.0 Å². The molecule has 3 nitrogen and oxygen atoms in total. The third-order valence-electron chi connectivity index (χ3n) is 3.09. The molecule has 1 aromatic heterocycles. The van der Waals surface area contributed by atoms with E-state index in [1.165, 1.54) is 0 Å². The first-order chi connectivity index (χ1) is 8.84. The predicted octanol–water partition coefficient (Wildman–Crippen LogP) is 3.39. The lowest BCUT2D eigenvalue weighted by atomic mass is 9.89. The van der Waals surface area contributed by atoms with E-state index in [-0.39, 0.29) is 5.78 Å². The number of hydrogen-bond donors (Lipinski definition) is 0. The normalized spacial score (nSPS) is 26.7. The number of allylic oxidation sites excluding steroid dienone is 2. The standard InChI is InChI=1S/C14H14O3S/c15-13-10(9-11-4-2-6-16-11)3-1-5-12(13)14-17-7-8-18-14/h2,4,6,9H,1,3,5,7-8H2/b10-9-,14-12-. The van der Waals surface area contributed by atoms with Gasteiger partial charge in [-0.05, 0) is 37.5 Å². The molecule has 1 aliphatic heterocycles. The average Bonchev–Trinajstić information content (AvgIpc) is 3.04. The highest BCUT2D eigenvalue weighted by molar-refractivity contribution is 8.03. The fraction of sp³-hybridized carbons (Fsp3) is 0.357. The highest BCUT2D eigenvalue weighted by Gasteiger charge is 2.26. The van der Waals surface area contributed by atoms with Crippen LogP contribution in [0.15, 0.2) is 39.1 Å². The Hall–Kier alpha value is -1.42. The van der Waals surface area contributed by atoms with Gasteiger partial charge in [0.25, 0.3) is 0 Å². The van der Waals surface area contributed by atoms with E-state index in [4.69, 9.17) is 9.15 Å². The molecule has 1 aromatic rings. The molecule has 0 unspecified atom stereocenters. The number of carbonyl (C=O) groups is 1. The van der Waals surface area contributed by atoms with Gasteiger partial charge in [0.1, 0.15) is 5.76 Å². The number of ether oxygens (including phenoxy) is 1. The maximum atomic E-state index is 12.4. The lowest BCUT2D eigenvalue weighted by Gasteiger charge is -2.17. The van der Waals surface area contributed by atoms with Crippen molar-refractivity contribution in [2.24, 2.45) is 0 Å². The van der Waals surface area contributed by atoms with Crippen LogP contribution in [0.25, 0.3) is 6.08 Å². The molecule has 0 aromatic carbocycles. The van der Waals surface area contributed by atoms with E-state index < -0.39 is 0 Å². The minimum absolute atomic E-state index is 0.127. The fourth-order valence-electron chi connectivity index (χ4n) is 2.24. The summed E-state index contributed by atoms with van der Waals surface area (Å²) in [4.78, 5) is 12.4. The number of thioether (sulfide) groups is 1. The Bertz CT molecular complexity index is 503. The Morgan fingerprint density at radius 2 is 2.28 bits per heavy atom. The summed E-state index contributed by atoms with van der Waals surface area (Å²) in [5.41, 5.74) is 1.68. The summed E-state index contributed by atoms with van der Waals surface area (Å²) in [6.07, 6.45) is 6.12. The summed E-state index contributed by atoms with van der Waals surface area (Å²) < 4.78 is 10.8. The zero-order valence-electron chi connectivity index (χ0n) is 9.98. The minimum atomic E-state index is 0.127. The second-order valence-corrected chi connectivity index (χ2v) is 5.40. The Labute approximate surface area is 110 Å². The van der Waals surface area contributed by atoms with Crippen molar-refractivity contribution in [3.05, 3.63) is 40.4 Å². The Balaban J connectivity index is 1.89. The van der Waals surface area contributed by atoms with Crippen LogP contribution in [0.4, 0.5) is 0 Å². The third-order valence-corrected chi connectivity index (χ3v) is 4.09. The minimum Gasteiger partial charge on any atom is -0.486 e. The Kier molecular flexibility index (Phi) is 3.28. The van der Waals surface area contributed by atoms with Crippen LogP contribution in [0.3, 0.4) is 0 Å². The van der Waals surface area contributed by atoms with Crippen LogP contribution in [-0.4, -0.2) is 18.1 Å². The number of hydrogen-bond acceptors (Lipinski definition) is 4. The van der Waals surface area contributed by atoms with Crippen molar-refractivity contribution in [2.45, 2.75) is 19.3 Å². The summed E-state index contributed by atoms with van der Waals surface area (Å²) in [6.45, 7) is 0.716. The molecule has 0 spiro atoms. The summed E-state index contributed by atoms with van der Waals surface area (Å²) in [5.74, 6) is 1.82. The van der Waals surface area contributed by atoms with Gasteiger partial charge >= 0.3 is 0 Å². The van der Waals surface area contributed by atoms with Gasteiger partial charge in [-0.3, -0.25) is 4.79 Å². The highest BCUT2D eigenvalue weighted by Crippen LogP contribution is 2.35. The van der Waals surface area contributed by atoms with E-state index >= 15 is 0 Å². The number of carbonyl (C=O) groups excluding carboxylic acids is 1. The van der Waals surface area contributed by atoms with E-state index in [2.05, 4.69) is 0 Å². The molecule has 0 bridgehead atoms. The molecule has 0 atom stereocenters. The monoisotopic (exact) mass is 262 g/mol. The summed E-state index contributed by atoms with van der Waals surface area (Å²) >= 11 is 1.65. The predicted molar refractivity (Wildman–Crippen MR) is 71.0 cm³/mol. The second kappa shape index (κ2) is 5.06. The largest absolute Gasteiger partial charge is 0.486 e. The summed E-state index contributed by atoms with van der Waals surface area (Å²) in [6, 6.07) is 3.69. The lowest BCUT2D eigenvalue weighted by Crippen LogP contribution is -2.14. The van der Waals surface area contributed by atoms with Gasteiger partial charge in [0.05, 0.1) is 12.9 Å². The third kappa shape index (κ3) is 2.25. The molecular weight excluding hydrogens is 248 g/mol. The van der Waals surface area contributed by atoms with Gasteiger partial charge in [0.15, 0.2) is 10.9 Å². The molecule has 4 heteroatoms. The molecule has 0 radical (unpaired) electrons. The molecule has 1 saturated carbocycles. The van der Waals surface area contributed by atoms with Crippen molar-refractivity contribution in [1.29, 1.82) is 0 Å². The zero-order valence-corrected chi connectivity index (χ0v) is 10.8. The molecule has 3 rings (SSSR count). The van der Waals surface area contributed by atoms with Crippen LogP contribution in [0.5, 0.6) is 0 Å². The van der Waals surface area contributed by atoms with Crippen molar-refractivity contribution in [2.75, 3.05) is 12.4 Å². The second-order valence-electron chi connectivity index (χ2n) is 4.33. The van der Waals surface area contributed by atoms with Crippen molar-refractivity contribution in [3.63, 3.8) is 0 Å².